The van der Waals surface area contributed by atoms with Gasteiger partial charge in [-0.1, -0.05) is 6.07 Å². The Morgan fingerprint density at radius 3 is 2.92 bits per heavy atom. The van der Waals surface area contributed by atoms with Gasteiger partial charge in [0.25, 0.3) is 5.56 Å². The van der Waals surface area contributed by atoms with Crippen LogP contribution in [0.25, 0.3) is 21.9 Å². The third-order valence-electron chi connectivity index (χ3n) is 3.91. The summed E-state index contributed by atoms with van der Waals surface area (Å²) in [6.45, 7) is 0.247. The smallest absolute Gasteiger partial charge is 0.265 e. The Morgan fingerprint density at radius 2 is 2.08 bits per heavy atom. The molecule has 0 unspecified atom stereocenters. The van der Waals surface area contributed by atoms with Crippen molar-refractivity contribution in [3.8, 4) is 0 Å². The maximum Gasteiger partial charge on any atom is 0.265 e. The SMILES string of the molecule is Cn1nc(Br)c2c(=O)n(Cc3ccc(F)c4cccnc34)cnc21. The zero-order valence-corrected chi connectivity index (χ0v) is 14.2. The van der Waals surface area contributed by atoms with Crippen LogP contribution in [0.2, 0.25) is 0 Å². The van der Waals surface area contributed by atoms with Crippen molar-refractivity contribution in [3.63, 3.8) is 0 Å². The Bertz CT molecular complexity index is 1150. The van der Waals surface area contributed by atoms with Crippen LogP contribution in [-0.2, 0) is 13.6 Å². The average molecular weight is 388 g/mol. The minimum atomic E-state index is -0.335. The monoisotopic (exact) mass is 387 g/mol. The largest absolute Gasteiger partial charge is 0.294 e. The van der Waals surface area contributed by atoms with Crippen molar-refractivity contribution in [1.29, 1.82) is 0 Å². The number of rotatable bonds is 2. The van der Waals surface area contributed by atoms with Gasteiger partial charge in [0, 0.05) is 18.6 Å². The molecule has 8 heteroatoms. The quantitative estimate of drug-likeness (QED) is 0.530. The highest BCUT2D eigenvalue weighted by atomic mass is 79.9. The summed E-state index contributed by atoms with van der Waals surface area (Å²) in [5.74, 6) is -0.335. The molecule has 3 heterocycles. The highest BCUT2D eigenvalue weighted by Crippen LogP contribution is 2.21. The van der Waals surface area contributed by atoms with Gasteiger partial charge in [-0.2, -0.15) is 5.10 Å². The van der Waals surface area contributed by atoms with E-state index in [0.717, 1.165) is 5.56 Å². The van der Waals surface area contributed by atoms with Crippen molar-refractivity contribution < 1.29 is 4.39 Å². The first kappa shape index (κ1) is 14.9. The van der Waals surface area contributed by atoms with E-state index in [1.54, 1.807) is 36.1 Å². The molecule has 0 bridgehead atoms. The summed E-state index contributed by atoms with van der Waals surface area (Å²) in [6.07, 6.45) is 3.07. The van der Waals surface area contributed by atoms with E-state index in [0.29, 0.717) is 26.5 Å². The van der Waals surface area contributed by atoms with Crippen molar-refractivity contribution in [2.75, 3.05) is 0 Å². The molecule has 0 aliphatic carbocycles. The third kappa shape index (κ3) is 2.22. The van der Waals surface area contributed by atoms with Gasteiger partial charge in [-0.05, 0) is 39.7 Å². The Morgan fingerprint density at radius 1 is 1.25 bits per heavy atom. The van der Waals surface area contributed by atoms with Gasteiger partial charge in [0.15, 0.2) is 5.65 Å². The number of hydrogen-bond donors (Lipinski definition) is 0. The molecule has 0 atom stereocenters. The number of nitrogens with zero attached hydrogens (tertiary/aromatic N) is 5. The third-order valence-corrected chi connectivity index (χ3v) is 4.46. The van der Waals surface area contributed by atoms with Crippen molar-refractivity contribution in [2.45, 2.75) is 6.54 Å². The van der Waals surface area contributed by atoms with E-state index in [9.17, 15) is 9.18 Å². The number of fused-ring (bicyclic) bond motifs is 2. The van der Waals surface area contributed by atoms with E-state index in [2.05, 4.69) is 31.0 Å². The molecular formula is C16H11BrFN5O. The summed E-state index contributed by atoms with van der Waals surface area (Å²) in [5, 5.41) is 5.00. The van der Waals surface area contributed by atoms with E-state index in [4.69, 9.17) is 0 Å². The van der Waals surface area contributed by atoms with Gasteiger partial charge >= 0.3 is 0 Å². The van der Waals surface area contributed by atoms with Crippen molar-refractivity contribution >= 4 is 37.9 Å². The summed E-state index contributed by atoms with van der Waals surface area (Å²) in [7, 11) is 1.72. The Kier molecular flexibility index (Phi) is 3.42. The molecule has 0 radical (unpaired) electrons. The fraction of sp³-hybridized carbons (Fsp3) is 0.125. The summed E-state index contributed by atoms with van der Waals surface area (Å²) < 4.78 is 17.4. The maximum absolute atomic E-state index is 13.9. The topological polar surface area (TPSA) is 65.6 Å². The van der Waals surface area contributed by atoms with Crippen LogP contribution in [0.5, 0.6) is 0 Å². The van der Waals surface area contributed by atoms with Crippen molar-refractivity contribution in [3.05, 3.63) is 63.1 Å². The first-order valence-corrected chi connectivity index (χ1v) is 7.95. The zero-order chi connectivity index (χ0) is 16.8. The second-order valence-corrected chi connectivity index (χ2v) is 6.15. The molecule has 0 saturated heterocycles. The lowest BCUT2D eigenvalue weighted by molar-refractivity contribution is 0.638. The first-order valence-electron chi connectivity index (χ1n) is 7.16. The minimum absolute atomic E-state index is 0.214. The van der Waals surface area contributed by atoms with Gasteiger partial charge in [-0.15, -0.1) is 0 Å². The molecule has 0 saturated carbocycles. The van der Waals surface area contributed by atoms with Gasteiger partial charge in [0.05, 0.1) is 12.1 Å². The average Bonchev–Trinajstić information content (AvgIpc) is 2.87. The van der Waals surface area contributed by atoms with Crippen LogP contribution in [0.1, 0.15) is 5.56 Å². The van der Waals surface area contributed by atoms with E-state index < -0.39 is 0 Å². The molecule has 120 valence electrons. The molecule has 1 aromatic carbocycles. The normalized spacial score (nSPS) is 11.5. The molecule has 4 aromatic rings. The molecular weight excluding hydrogens is 377 g/mol. The van der Waals surface area contributed by atoms with Crippen LogP contribution < -0.4 is 5.56 Å². The molecule has 0 N–H and O–H groups in total. The number of halogens is 2. The Balaban J connectivity index is 1.89. The second kappa shape index (κ2) is 5.48. The van der Waals surface area contributed by atoms with Crippen LogP contribution in [0.4, 0.5) is 4.39 Å². The highest BCUT2D eigenvalue weighted by Gasteiger charge is 2.15. The minimum Gasteiger partial charge on any atom is -0.294 e. The molecule has 6 nitrogen and oxygen atoms in total. The van der Waals surface area contributed by atoms with Gasteiger partial charge in [-0.25, -0.2) is 14.1 Å². The van der Waals surface area contributed by atoms with Gasteiger partial charge in [0.2, 0.25) is 0 Å². The Labute approximate surface area is 143 Å². The molecule has 0 spiro atoms. The molecule has 0 fully saturated rings. The maximum atomic E-state index is 13.9. The van der Waals surface area contributed by atoms with E-state index in [-0.39, 0.29) is 17.9 Å². The van der Waals surface area contributed by atoms with E-state index in [1.807, 2.05) is 0 Å². The number of hydrogen-bond acceptors (Lipinski definition) is 4. The highest BCUT2D eigenvalue weighted by molar-refractivity contribution is 9.10. The summed E-state index contributed by atoms with van der Waals surface area (Å²) >= 11 is 3.29. The summed E-state index contributed by atoms with van der Waals surface area (Å²) in [4.78, 5) is 21.3. The van der Waals surface area contributed by atoms with Crippen LogP contribution in [0.15, 0.2) is 46.2 Å². The molecule has 24 heavy (non-hydrogen) atoms. The first-order chi connectivity index (χ1) is 11.6. The lowest BCUT2D eigenvalue weighted by Crippen LogP contribution is -2.21. The lowest BCUT2D eigenvalue weighted by Gasteiger charge is -2.09. The van der Waals surface area contributed by atoms with Crippen molar-refractivity contribution in [1.82, 2.24) is 24.3 Å². The molecule has 4 rings (SSSR count). The van der Waals surface area contributed by atoms with E-state index in [1.165, 1.54) is 17.0 Å². The Hall–Kier alpha value is -2.61. The van der Waals surface area contributed by atoms with Gasteiger partial charge < -0.3 is 0 Å². The second-order valence-electron chi connectivity index (χ2n) is 5.40. The molecule has 0 amide bonds. The number of aromatic nitrogens is 5. The summed E-state index contributed by atoms with van der Waals surface area (Å²) in [5.41, 5.74) is 1.57. The molecule has 0 aliphatic rings. The van der Waals surface area contributed by atoms with Crippen LogP contribution >= 0.6 is 15.9 Å². The van der Waals surface area contributed by atoms with Crippen LogP contribution in [-0.4, -0.2) is 24.3 Å². The van der Waals surface area contributed by atoms with Gasteiger partial charge in [0.1, 0.15) is 22.1 Å². The fourth-order valence-electron chi connectivity index (χ4n) is 2.76. The number of pyridine rings is 1. The predicted molar refractivity (Wildman–Crippen MR) is 91.3 cm³/mol. The summed E-state index contributed by atoms with van der Waals surface area (Å²) in [6, 6.07) is 6.38. The van der Waals surface area contributed by atoms with Gasteiger partial charge in [-0.3, -0.25) is 14.3 Å². The van der Waals surface area contributed by atoms with Crippen molar-refractivity contribution in [2.24, 2.45) is 7.05 Å². The zero-order valence-electron chi connectivity index (χ0n) is 12.6. The molecule has 3 aromatic heterocycles. The van der Waals surface area contributed by atoms with E-state index >= 15 is 0 Å². The van der Waals surface area contributed by atoms with Crippen LogP contribution in [0, 0.1) is 5.82 Å². The number of benzene rings is 1. The fourth-order valence-corrected chi connectivity index (χ4v) is 3.34. The predicted octanol–water partition coefficient (Wildman–Crippen LogP) is 2.63. The standard InChI is InChI=1S/C16H11BrFN5O/c1-22-15-12(14(17)21-22)16(24)23(8-20-15)7-9-4-5-11(18)10-3-2-6-19-13(9)10/h2-6,8H,7H2,1H3. The molecule has 0 aliphatic heterocycles. The lowest BCUT2D eigenvalue weighted by atomic mass is 10.1. The van der Waals surface area contributed by atoms with Crippen LogP contribution in [0.3, 0.4) is 0 Å². The number of aryl methyl sites for hydroxylation is 1.